The maximum absolute atomic E-state index is 12.3. The molecule has 1 N–H and O–H groups in total. The first-order valence-corrected chi connectivity index (χ1v) is 9.47. The number of nitrogens with one attached hydrogen (secondary N) is 1. The Morgan fingerprint density at radius 3 is 2.43 bits per heavy atom. The summed E-state index contributed by atoms with van der Waals surface area (Å²) in [6, 6.07) is 3.36. The third-order valence-corrected chi connectivity index (χ3v) is 6.62. The van der Waals surface area contributed by atoms with Crippen molar-refractivity contribution in [1.82, 2.24) is 9.62 Å². The zero-order valence-electron chi connectivity index (χ0n) is 12.6. The summed E-state index contributed by atoms with van der Waals surface area (Å²) in [6.07, 6.45) is 1.34. The van der Waals surface area contributed by atoms with Crippen LogP contribution in [0.3, 0.4) is 0 Å². The second-order valence-electron chi connectivity index (χ2n) is 5.74. The molecule has 7 heteroatoms. The fourth-order valence-corrected chi connectivity index (χ4v) is 5.02. The average Bonchev–Trinajstić information content (AvgIpc) is 2.86. The average molecular weight is 330 g/mol. The number of carbonyl (C=O) groups excluding carboxylic acids is 1. The van der Waals surface area contributed by atoms with Crippen LogP contribution in [0.4, 0.5) is 0 Å². The lowest BCUT2D eigenvalue weighted by Gasteiger charge is -2.33. The van der Waals surface area contributed by atoms with E-state index in [1.165, 1.54) is 11.3 Å². The predicted molar refractivity (Wildman–Crippen MR) is 83.8 cm³/mol. The minimum Gasteiger partial charge on any atom is -0.342 e. The van der Waals surface area contributed by atoms with Crippen molar-refractivity contribution in [2.75, 3.05) is 13.1 Å². The summed E-state index contributed by atoms with van der Waals surface area (Å²) in [7, 11) is -3.43. The van der Waals surface area contributed by atoms with Gasteiger partial charge in [-0.2, -0.15) is 0 Å². The lowest BCUT2D eigenvalue weighted by molar-refractivity contribution is -0.135. The van der Waals surface area contributed by atoms with Gasteiger partial charge in [-0.3, -0.25) is 4.79 Å². The first-order valence-electron chi connectivity index (χ1n) is 7.17. The molecule has 0 radical (unpaired) electrons. The van der Waals surface area contributed by atoms with E-state index >= 15 is 0 Å². The number of carbonyl (C=O) groups is 1. The molecule has 0 saturated carbocycles. The van der Waals surface area contributed by atoms with Crippen LogP contribution in [0.25, 0.3) is 0 Å². The summed E-state index contributed by atoms with van der Waals surface area (Å²) >= 11 is 1.28. The molecule has 1 aromatic heterocycles. The molecule has 118 valence electrons. The highest BCUT2D eigenvalue weighted by molar-refractivity contribution is 7.91. The van der Waals surface area contributed by atoms with Gasteiger partial charge in [-0.15, -0.1) is 11.3 Å². The molecule has 1 aliphatic rings. The van der Waals surface area contributed by atoms with Crippen molar-refractivity contribution in [2.24, 2.45) is 5.92 Å². The third kappa shape index (κ3) is 4.05. The van der Waals surface area contributed by atoms with E-state index in [0.717, 1.165) is 4.88 Å². The molecule has 5 nitrogen and oxygen atoms in total. The van der Waals surface area contributed by atoms with Crippen LogP contribution in [0.1, 0.15) is 31.6 Å². The molecule has 1 aliphatic heterocycles. The highest BCUT2D eigenvalue weighted by Gasteiger charge is 2.27. The van der Waals surface area contributed by atoms with Gasteiger partial charge in [0.1, 0.15) is 4.21 Å². The van der Waals surface area contributed by atoms with Gasteiger partial charge in [0, 0.05) is 29.9 Å². The lowest BCUT2D eigenvalue weighted by Crippen LogP contribution is -2.47. The predicted octanol–water partition coefficient (Wildman–Crippen LogP) is 1.98. The van der Waals surface area contributed by atoms with Gasteiger partial charge in [-0.05, 0) is 31.9 Å². The smallest absolute Gasteiger partial charge is 0.250 e. The fourth-order valence-electron chi connectivity index (χ4n) is 2.42. The minimum absolute atomic E-state index is 0.00710. The van der Waals surface area contributed by atoms with Crippen molar-refractivity contribution in [3.8, 4) is 0 Å². The van der Waals surface area contributed by atoms with Crippen LogP contribution in [0.2, 0.25) is 0 Å². The van der Waals surface area contributed by atoms with Gasteiger partial charge >= 0.3 is 0 Å². The maximum Gasteiger partial charge on any atom is 0.250 e. The lowest BCUT2D eigenvalue weighted by atomic mass is 10.0. The molecule has 1 aromatic rings. The molecular formula is C14H22N2O3S2. The Morgan fingerprint density at radius 2 is 1.95 bits per heavy atom. The quantitative estimate of drug-likeness (QED) is 0.918. The van der Waals surface area contributed by atoms with E-state index < -0.39 is 10.0 Å². The number of likely N-dealkylation sites (tertiary alicyclic amines) is 1. The topological polar surface area (TPSA) is 66.5 Å². The van der Waals surface area contributed by atoms with E-state index in [2.05, 4.69) is 4.72 Å². The van der Waals surface area contributed by atoms with Crippen LogP contribution in [-0.4, -0.2) is 38.4 Å². The Kier molecular flexibility index (Phi) is 5.06. The van der Waals surface area contributed by atoms with E-state index in [1.54, 1.807) is 6.07 Å². The molecule has 2 heterocycles. The summed E-state index contributed by atoms with van der Waals surface area (Å²) in [5, 5.41) is 0. The van der Waals surface area contributed by atoms with E-state index in [4.69, 9.17) is 0 Å². The van der Waals surface area contributed by atoms with Crippen molar-refractivity contribution in [3.63, 3.8) is 0 Å². The normalized spacial score (nSPS) is 17.4. The molecule has 0 unspecified atom stereocenters. The van der Waals surface area contributed by atoms with Crippen LogP contribution in [-0.2, 0) is 14.8 Å². The number of sulfonamides is 1. The molecular weight excluding hydrogens is 308 g/mol. The summed E-state index contributed by atoms with van der Waals surface area (Å²) in [5.74, 6) is 0.137. The molecule has 1 amide bonds. The van der Waals surface area contributed by atoms with Gasteiger partial charge in [-0.1, -0.05) is 13.8 Å². The van der Waals surface area contributed by atoms with E-state index in [9.17, 15) is 13.2 Å². The number of nitrogens with zero attached hydrogens (tertiary/aromatic N) is 1. The highest BCUT2D eigenvalue weighted by atomic mass is 32.2. The highest BCUT2D eigenvalue weighted by Crippen LogP contribution is 2.22. The monoisotopic (exact) mass is 330 g/mol. The largest absolute Gasteiger partial charge is 0.342 e. The molecule has 0 atom stereocenters. The second kappa shape index (κ2) is 6.46. The summed E-state index contributed by atoms with van der Waals surface area (Å²) in [5.41, 5.74) is 0. The second-order valence-corrected chi connectivity index (χ2v) is 8.97. The van der Waals surface area contributed by atoms with Crippen LogP contribution < -0.4 is 4.72 Å². The number of hydrogen-bond acceptors (Lipinski definition) is 4. The Labute approximate surface area is 130 Å². The van der Waals surface area contributed by atoms with Gasteiger partial charge in [0.15, 0.2) is 0 Å². The van der Waals surface area contributed by atoms with E-state index in [1.807, 2.05) is 31.7 Å². The summed E-state index contributed by atoms with van der Waals surface area (Å²) in [6.45, 7) is 6.90. The van der Waals surface area contributed by atoms with Crippen molar-refractivity contribution >= 4 is 27.3 Å². The van der Waals surface area contributed by atoms with Crippen LogP contribution >= 0.6 is 11.3 Å². The number of piperidine rings is 1. The standard InChI is InChI=1S/C14H22N2O3S2/c1-10(2)14(17)16-8-6-12(7-9-16)15-21(18,19)13-5-4-11(3)20-13/h4-5,10,12,15H,6-9H2,1-3H3. The first kappa shape index (κ1) is 16.5. The van der Waals surface area contributed by atoms with Crippen LogP contribution in [0.15, 0.2) is 16.3 Å². The number of aryl methyl sites for hydroxylation is 1. The molecule has 1 fully saturated rings. The van der Waals surface area contributed by atoms with Gasteiger partial charge < -0.3 is 4.90 Å². The summed E-state index contributed by atoms with van der Waals surface area (Å²) < 4.78 is 27.6. The Balaban J connectivity index is 1.93. The Morgan fingerprint density at radius 1 is 1.33 bits per heavy atom. The molecule has 1 saturated heterocycles. The van der Waals surface area contributed by atoms with Crippen molar-refractivity contribution in [2.45, 2.75) is 43.9 Å². The third-order valence-electron chi connectivity index (χ3n) is 3.60. The molecule has 0 aromatic carbocycles. The van der Waals surface area contributed by atoms with Crippen molar-refractivity contribution < 1.29 is 13.2 Å². The Bertz CT molecular complexity index is 599. The van der Waals surface area contributed by atoms with Gasteiger partial charge in [0.05, 0.1) is 0 Å². The molecule has 2 rings (SSSR count). The molecule has 21 heavy (non-hydrogen) atoms. The fraction of sp³-hybridized carbons (Fsp3) is 0.643. The van der Waals surface area contributed by atoms with Crippen LogP contribution in [0, 0.1) is 12.8 Å². The summed E-state index contributed by atoms with van der Waals surface area (Å²) in [4.78, 5) is 14.7. The van der Waals surface area contributed by atoms with Gasteiger partial charge in [-0.25, -0.2) is 13.1 Å². The zero-order valence-corrected chi connectivity index (χ0v) is 14.3. The number of rotatable bonds is 4. The molecule has 0 aliphatic carbocycles. The van der Waals surface area contributed by atoms with Gasteiger partial charge in [0.25, 0.3) is 0 Å². The minimum atomic E-state index is -3.43. The first-order chi connectivity index (χ1) is 9.79. The number of hydrogen-bond donors (Lipinski definition) is 1. The zero-order chi connectivity index (χ0) is 15.6. The van der Waals surface area contributed by atoms with Crippen molar-refractivity contribution in [1.29, 1.82) is 0 Å². The number of thiophene rings is 1. The molecule has 0 spiro atoms. The SMILES string of the molecule is Cc1ccc(S(=O)(=O)NC2CCN(C(=O)C(C)C)CC2)s1. The van der Waals surface area contributed by atoms with E-state index in [0.29, 0.717) is 30.1 Å². The number of amides is 1. The van der Waals surface area contributed by atoms with Gasteiger partial charge in [0.2, 0.25) is 15.9 Å². The molecule has 0 bridgehead atoms. The Hall–Kier alpha value is -0.920. The van der Waals surface area contributed by atoms with E-state index in [-0.39, 0.29) is 17.9 Å². The van der Waals surface area contributed by atoms with Crippen LogP contribution in [0.5, 0.6) is 0 Å². The maximum atomic E-state index is 12.3. The van der Waals surface area contributed by atoms with Crippen molar-refractivity contribution in [3.05, 3.63) is 17.0 Å².